The summed E-state index contributed by atoms with van der Waals surface area (Å²) in [7, 11) is 4.54. The Bertz CT molecular complexity index is 868. The Balaban J connectivity index is 1.85. The van der Waals surface area contributed by atoms with Crippen molar-refractivity contribution in [1.82, 2.24) is 4.90 Å². The molecule has 2 aliphatic heterocycles. The molecular formula is C22H27NO7. The number of hydrogen-bond donors (Lipinski definition) is 1. The number of methoxy groups -OCH3 is 3. The third kappa shape index (κ3) is 3.10. The molecule has 2 heterocycles. The lowest BCUT2D eigenvalue weighted by atomic mass is 9.77. The fourth-order valence-electron chi connectivity index (χ4n) is 4.84. The maximum Gasteiger partial charge on any atom is 0.290 e. The van der Waals surface area contributed by atoms with Gasteiger partial charge in [-0.15, -0.1) is 0 Å². The maximum atomic E-state index is 13.5. The maximum absolute atomic E-state index is 13.5. The number of carbonyl (C=O) groups excluding carboxylic acids is 2. The number of benzene rings is 1. The molecule has 1 aromatic carbocycles. The van der Waals surface area contributed by atoms with Crippen molar-refractivity contribution in [2.45, 2.75) is 37.8 Å². The van der Waals surface area contributed by atoms with E-state index in [1.165, 1.54) is 26.2 Å². The molecule has 1 amide bonds. The van der Waals surface area contributed by atoms with Gasteiger partial charge >= 0.3 is 0 Å². The summed E-state index contributed by atoms with van der Waals surface area (Å²) in [5, 5.41) is 9.59. The summed E-state index contributed by atoms with van der Waals surface area (Å²) in [6.45, 7) is -0.145. The van der Waals surface area contributed by atoms with Crippen LogP contribution in [-0.2, 0) is 14.3 Å². The number of carbonyl (C=O) groups is 2. The van der Waals surface area contributed by atoms with Crippen LogP contribution >= 0.6 is 0 Å². The molecule has 0 spiro atoms. The minimum Gasteiger partial charge on any atom is -0.493 e. The van der Waals surface area contributed by atoms with Crippen molar-refractivity contribution < 1.29 is 33.6 Å². The SMILES string of the molecule is COc1cc(C2C3=C(OC4CCCCC4C3=O)C(=O)N2CCO)cc(OC)c1OC. The van der Waals surface area contributed by atoms with Crippen LogP contribution in [0.15, 0.2) is 23.5 Å². The van der Waals surface area contributed by atoms with Crippen molar-refractivity contribution in [2.24, 2.45) is 5.92 Å². The highest BCUT2D eigenvalue weighted by Gasteiger charge is 2.52. The molecule has 1 saturated carbocycles. The van der Waals surface area contributed by atoms with Crippen molar-refractivity contribution >= 4 is 11.7 Å². The first kappa shape index (κ1) is 20.5. The van der Waals surface area contributed by atoms with Gasteiger partial charge in [0.25, 0.3) is 5.91 Å². The van der Waals surface area contributed by atoms with Crippen molar-refractivity contribution in [3.05, 3.63) is 29.0 Å². The number of ketones is 1. The van der Waals surface area contributed by atoms with Gasteiger partial charge in [-0.25, -0.2) is 0 Å². The van der Waals surface area contributed by atoms with Gasteiger partial charge in [0.1, 0.15) is 6.10 Å². The Kier molecular flexibility index (Phi) is 5.60. The number of Topliss-reactive ketones (excluding diaryl/α,β-unsaturated/α-hetero) is 1. The normalized spacial score (nSPS) is 25.6. The largest absolute Gasteiger partial charge is 0.493 e. The molecule has 8 nitrogen and oxygen atoms in total. The van der Waals surface area contributed by atoms with Crippen LogP contribution in [0.1, 0.15) is 37.3 Å². The fraction of sp³-hybridized carbons (Fsp3) is 0.545. The Morgan fingerprint density at radius 3 is 2.33 bits per heavy atom. The van der Waals surface area contributed by atoms with E-state index < -0.39 is 6.04 Å². The van der Waals surface area contributed by atoms with Crippen molar-refractivity contribution in [1.29, 1.82) is 0 Å². The average Bonchev–Trinajstić information content (AvgIpc) is 3.05. The number of aliphatic hydroxyl groups excluding tert-OH is 1. The van der Waals surface area contributed by atoms with E-state index in [9.17, 15) is 14.7 Å². The lowest BCUT2D eigenvalue weighted by molar-refractivity contribution is -0.135. The van der Waals surface area contributed by atoms with E-state index in [2.05, 4.69) is 0 Å². The number of amides is 1. The number of ether oxygens (including phenoxy) is 4. The monoisotopic (exact) mass is 417 g/mol. The number of aliphatic hydroxyl groups is 1. The van der Waals surface area contributed by atoms with Gasteiger partial charge in [-0.05, 0) is 37.0 Å². The molecule has 4 rings (SSSR count). The van der Waals surface area contributed by atoms with Crippen LogP contribution in [0.5, 0.6) is 17.2 Å². The van der Waals surface area contributed by atoms with Crippen LogP contribution in [0.25, 0.3) is 0 Å². The van der Waals surface area contributed by atoms with Gasteiger partial charge in [-0.3, -0.25) is 9.59 Å². The van der Waals surface area contributed by atoms with E-state index in [0.717, 1.165) is 25.7 Å². The minimum absolute atomic E-state index is 0.0338. The molecule has 162 valence electrons. The number of rotatable bonds is 6. The summed E-state index contributed by atoms with van der Waals surface area (Å²) in [5.74, 6) is 0.770. The molecule has 0 radical (unpaired) electrons. The molecule has 0 bridgehead atoms. The lowest BCUT2D eigenvalue weighted by Gasteiger charge is -2.35. The van der Waals surface area contributed by atoms with Gasteiger partial charge in [0, 0.05) is 6.54 Å². The quantitative estimate of drug-likeness (QED) is 0.756. The number of fused-ring (bicyclic) bond motifs is 1. The molecule has 3 atom stereocenters. The van der Waals surface area contributed by atoms with E-state index in [4.69, 9.17) is 18.9 Å². The molecule has 8 heteroatoms. The zero-order valence-corrected chi connectivity index (χ0v) is 17.5. The first-order chi connectivity index (χ1) is 14.5. The smallest absolute Gasteiger partial charge is 0.290 e. The lowest BCUT2D eigenvalue weighted by Crippen LogP contribution is -2.39. The summed E-state index contributed by atoms with van der Waals surface area (Å²) in [6.07, 6.45) is 3.25. The Morgan fingerprint density at radius 2 is 1.73 bits per heavy atom. The summed E-state index contributed by atoms with van der Waals surface area (Å²) >= 11 is 0. The fourth-order valence-corrected chi connectivity index (χ4v) is 4.84. The van der Waals surface area contributed by atoms with Gasteiger partial charge < -0.3 is 29.0 Å². The molecule has 3 aliphatic rings. The van der Waals surface area contributed by atoms with Crippen molar-refractivity contribution in [3.8, 4) is 17.2 Å². The van der Waals surface area contributed by atoms with Gasteiger partial charge in [0.15, 0.2) is 23.0 Å². The van der Waals surface area contributed by atoms with Crippen LogP contribution in [0.2, 0.25) is 0 Å². The number of β-amino-alcohol motifs (C(OH)–C–C–N with tert-alkyl or cyclic N) is 1. The summed E-state index contributed by atoms with van der Waals surface area (Å²) in [6, 6.07) is 2.79. The highest BCUT2D eigenvalue weighted by Crippen LogP contribution is 2.49. The van der Waals surface area contributed by atoms with Crippen LogP contribution < -0.4 is 14.2 Å². The average molecular weight is 417 g/mol. The molecule has 1 N–H and O–H groups in total. The van der Waals surface area contributed by atoms with Crippen LogP contribution in [0.4, 0.5) is 0 Å². The van der Waals surface area contributed by atoms with Gasteiger partial charge in [-0.2, -0.15) is 0 Å². The second-order valence-corrected chi connectivity index (χ2v) is 7.74. The Hall–Kier alpha value is -2.74. The van der Waals surface area contributed by atoms with E-state index in [0.29, 0.717) is 28.4 Å². The van der Waals surface area contributed by atoms with Crippen LogP contribution in [-0.4, -0.2) is 62.3 Å². The third-order valence-electron chi connectivity index (χ3n) is 6.20. The standard InChI is InChI=1S/C22H27NO7/c1-27-15-10-12(11-16(28-2)20(15)29-3)18-17-19(25)13-6-4-5-7-14(13)30-21(17)22(26)23(18)8-9-24/h10-11,13-14,18,24H,4-9H2,1-3H3. The van der Waals surface area contributed by atoms with E-state index >= 15 is 0 Å². The highest BCUT2D eigenvalue weighted by atomic mass is 16.5. The third-order valence-corrected chi connectivity index (χ3v) is 6.20. The topological polar surface area (TPSA) is 94.5 Å². The molecule has 1 fully saturated rings. The highest BCUT2D eigenvalue weighted by molar-refractivity contribution is 6.11. The van der Waals surface area contributed by atoms with E-state index in [-0.39, 0.29) is 42.6 Å². The molecule has 30 heavy (non-hydrogen) atoms. The summed E-state index contributed by atoms with van der Waals surface area (Å²) in [5.41, 5.74) is 1.01. The van der Waals surface area contributed by atoms with E-state index in [1.54, 1.807) is 12.1 Å². The van der Waals surface area contributed by atoms with Crippen LogP contribution in [0, 0.1) is 5.92 Å². The van der Waals surface area contributed by atoms with Crippen LogP contribution in [0.3, 0.4) is 0 Å². The van der Waals surface area contributed by atoms with Gasteiger partial charge in [0.05, 0.1) is 45.5 Å². The van der Waals surface area contributed by atoms with Crippen molar-refractivity contribution in [3.63, 3.8) is 0 Å². The minimum atomic E-state index is -0.677. The second kappa shape index (κ2) is 8.18. The molecule has 0 aromatic heterocycles. The molecular weight excluding hydrogens is 390 g/mol. The summed E-state index contributed by atoms with van der Waals surface area (Å²) in [4.78, 5) is 28.1. The second-order valence-electron chi connectivity index (χ2n) is 7.74. The van der Waals surface area contributed by atoms with E-state index in [1.807, 2.05) is 0 Å². The number of nitrogens with zero attached hydrogens (tertiary/aromatic N) is 1. The summed E-state index contributed by atoms with van der Waals surface area (Å²) < 4.78 is 22.4. The zero-order chi connectivity index (χ0) is 21.4. The first-order valence-corrected chi connectivity index (χ1v) is 10.2. The zero-order valence-electron chi connectivity index (χ0n) is 17.5. The van der Waals surface area contributed by atoms with Gasteiger partial charge in [0.2, 0.25) is 5.75 Å². The Labute approximate surface area is 175 Å². The molecule has 0 saturated heterocycles. The first-order valence-electron chi connectivity index (χ1n) is 10.2. The van der Waals surface area contributed by atoms with Gasteiger partial charge in [-0.1, -0.05) is 6.42 Å². The predicted octanol–water partition coefficient (Wildman–Crippen LogP) is 2.00. The predicted molar refractivity (Wildman–Crippen MR) is 107 cm³/mol. The van der Waals surface area contributed by atoms with Crippen molar-refractivity contribution in [2.75, 3.05) is 34.5 Å². The number of hydrogen-bond acceptors (Lipinski definition) is 7. The molecule has 1 aliphatic carbocycles. The molecule has 1 aromatic rings. The Morgan fingerprint density at radius 1 is 1.07 bits per heavy atom. The molecule has 3 unspecified atom stereocenters.